The third-order valence-electron chi connectivity index (χ3n) is 3.54. The summed E-state index contributed by atoms with van der Waals surface area (Å²) in [6.45, 7) is -0.137. The van der Waals surface area contributed by atoms with E-state index < -0.39 is 0 Å². The number of benzene rings is 1. The maximum absolute atomic E-state index is 12.4. The van der Waals surface area contributed by atoms with Crippen LogP contribution in [0.15, 0.2) is 61.3 Å². The van der Waals surface area contributed by atoms with Gasteiger partial charge in [0.25, 0.3) is 5.91 Å². The summed E-state index contributed by atoms with van der Waals surface area (Å²) in [6.07, 6.45) is 5.01. The number of rotatable bonds is 6. The summed E-state index contributed by atoms with van der Waals surface area (Å²) in [5, 5.41) is 16.4. The SMILES string of the molecule is O=C(NC(CO)Cc1ccccc1)c1ccnc(-n2cncn2)c1. The van der Waals surface area contributed by atoms with E-state index in [0.29, 0.717) is 17.8 Å². The van der Waals surface area contributed by atoms with Crippen molar-refractivity contribution in [2.24, 2.45) is 0 Å². The van der Waals surface area contributed by atoms with E-state index in [1.807, 2.05) is 30.3 Å². The third-order valence-corrected chi connectivity index (χ3v) is 3.54. The lowest BCUT2D eigenvalue weighted by Gasteiger charge is -2.16. The lowest BCUT2D eigenvalue weighted by Crippen LogP contribution is -2.39. The first kappa shape index (κ1) is 15.8. The summed E-state index contributed by atoms with van der Waals surface area (Å²) in [4.78, 5) is 20.5. The standard InChI is InChI=1S/C17H17N5O2/c23-10-15(8-13-4-2-1-3-5-13)21-17(24)14-6-7-19-16(9-14)22-12-18-11-20-22/h1-7,9,11-12,15,23H,8,10H2,(H,21,24). The molecule has 0 aliphatic heterocycles. The maximum atomic E-state index is 12.4. The van der Waals surface area contributed by atoms with Gasteiger partial charge >= 0.3 is 0 Å². The van der Waals surface area contributed by atoms with Crippen LogP contribution in [0, 0.1) is 0 Å². The normalized spacial score (nSPS) is 11.9. The molecule has 0 spiro atoms. The lowest BCUT2D eigenvalue weighted by atomic mass is 10.1. The van der Waals surface area contributed by atoms with E-state index in [1.54, 1.807) is 12.1 Å². The molecule has 0 aliphatic carbocycles. The number of aliphatic hydroxyl groups excluding tert-OH is 1. The average Bonchev–Trinajstić information content (AvgIpc) is 3.17. The molecular formula is C17H17N5O2. The first-order chi connectivity index (χ1) is 11.8. The van der Waals surface area contributed by atoms with Crippen LogP contribution in [0.25, 0.3) is 5.82 Å². The summed E-state index contributed by atoms with van der Waals surface area (Å²) in [5.41, 5.74) is 1.50. The molecule has 1 amide bonds. The molecule has 24 heavy (non-hydrogen) atoms. The molecule has 7 heteroatoms. The Morgan fingerprint density at radius 1 is 1.25 bits per heavy atom. The Balaban J connectivity index is 1.70. The van der Waals surface area contributed by atoms with Crippen molar-refractivity contribution in [3.05, 3.63) is 72.4 Å². The van der Waals surface area contributed by atoms with Gasteiger partial charge in [-0.15, -0.1) is 0 Å². The van der Waals surface area contributed by atoms with Crippen LogP contribution in [0.3, 0.4) is 0 Å². The van der Waals surface area contributed by atoms with Gasteiger partial charge in [0, 0.05) is 11.8 Å². The highest BCUT2D eigenvalue weighted by Gasteiger charge is 2.14. The van der Waals surface area contributed by atoms with E-state index >= 15 is 0 Å². The summed E-state index contributed by atoms with van der Waals surface area (Å²) in [7, 11) is 0. The fourth-order valence-corrected chi connectivity index (χ4v) is 2.34. The Morgan fingerprint density at radius 2 is 2.08 bits per heavy atom. The first-order valence-electron chi connectivity index (χ1n) is 7.53. The van der Waals surface area contributed by atoms with Crippen molar-refractivity contribution in [1.82, 2.24) is 25.1 Å². The van der Waals surface area contributed by atoms with Crippen molar-refractivity contribution >= 4 is 5.91 Å². The molecule has 122 valence electrons. The van der Waals surface area contributed by atoms with Crippen LogP contribution in [0.1, 0.15) is 15.9 Å². The molecule has 0 aliphatic rings. The fraction of sp³-hybridized carbons (Fsp3) is 0.176. The molecule has 3 rings (SSSR count). The largest absolute Gasteiger partial charge is 0.394 e. The molecule has 7 nitrogen and oxygen atoms in total. The van der Waals surface area contributed by atoms with Gasteiger partial charge in [-0.05, 0) is 24.1 Å². The Labute approximate surface area is 139 Å². The van der Waals surface area contributed by atoms with Crippen LogP contribution in [0.2, 0.25) is 0 Å². The minimum absolute atomic E-state index is 0.137. The number of carbonyl (C=O) groups excluding carboxylic acids is 1. The number of hydrogen-bond donors (Lipinski definition) is 2. The fourth-order valence-electron chi connectivity index (χ4n) is 2.34. The van der Waals surface area contributed by atoms with Crippen LogP contribution in [0.5, 0.6) is 0 Å². The zero-order valence-corrected chi connectivity index (χ0v) is 12.9. The van der Waals surface area contributed by atoms with Gasteiger partial charge in [0.05, 0.1) is 12.6 Å². The molecule has 1 atom stereocenters. The predicted octanol–water partition coefficient (Wildman–Crippen LogP) is 0.996. The summed E-state index contributed by atoms with van der Waals surface area (Å²) in [6, 6.07) is 12.6. The lowest BCUT2D eigenvalue weighted by molar-refractivity contribution is 0.0916. The molecule has 0 saturated heterocycles. The Hall–Kier alpha value is -3.06. The maximum Gasteiger partial charge on any atom is 0.251 e. The second-order valence-corrected chi connectivity index (χ2v) is 5.29. The molecule has 0 saturated carbocycles. The van der Waals surface area contributed by atoms with Gasteiger partial charge < -0.3 is 10.4 Å². The summed E-state index contributed by atoms with van der Waals surface area (Å²) >= 11 is 0. The van der Waals surface area contributed by atoms with E-state index in [4.69, 9.17) is 0 Å². The Bertz CT molecular complexity index is 790. The smallest absolute Gasteiger partial charge is 0.251 e. The van der Waals surface area contributed by atoms with Crippen LogP contribution in [0.4, 0.5) is 0 Å². The quantitative estimate of drug-likeness (QED) is 0.706. The van der Waals surface area contributed by atoms with E-state index in [-0.39, 0.29) is 18.6 Å². The topological polar surface area (TPSA) is 92.9 Å². The van der Waals surface area contributed by atoms with E-state index in [1.165, 1.54) is 23.5 Å². The Morgan fingerprint density at radius 3 is 2.79 bits per heavy atom. The van der Waals surface area contributed by atoms with Crippen molar-refractivity contribution in [2.75, 3.05) is 6.61 Å². The first-order valence-corrected chi connectivity index (χ1v) is 7.53. The number of hydrogen-bond acceptors (Lipinski definition) is 5. The van der Waals surface area contributed by atoms with E-state index in [2.05, 4.69) is 20.4 Å². The zero-order valence-electron chi connectivity index (χ0n) is 12.9. The summed E-state index contributed by atoms with van der Waals surface area (Å²) in [5.74, 6) is 0.234. The minimum Gasteiger partial charge on any atom is -0.394 e. The highest BCUT2D eigenvalue weighted by atomic mass is 16.3. The highest BCUT2D eigenvalue weighted by Crippen LogP contribution is 2.08. The van der Waals surface area contributed by atoms with Gasteiger partial charge in [-0.25, -0.2) is 14.6 Å². The molecule has 2 aromatic heterocycles. The molecular weight excluding hydrogens is 306 g/mol. The number of carbonyl (C=O) groups is 1. The number of pyridine rings is 1. The van der Waals surface area contributed by atoms with E-state index in [9.17, 15) is 9.90 Å². The van der Waals surface area contributed by atoms with Crippen molar-refractivity contribution in [1.29, 1.82) is 0 Å². The van der Waals surface area contributed by atoms with Crippen LogP contribution >= 0.6 is 0 Å². The number of amides is 1. The van der Waals surface area contributed by atoms with Crippen molar-refractivity contribution in [3.8, 4) is 5.82 Å². The van der Waals surface area contributed by atoms with Crippen molar-refractivity contribution in [2.45, 2.75) is 12.5 Å². The summed E-state index contributed by atoms with van der Waals surface area (Å²) < 4.78 is 1.48. The number of aliphatic hydroxyl groups is 1. The third kappa shape index (κ3) is 3.82. The van der Waals surface area contributed by atoms with Gasteiger partial charge in [-0.2, -0.15) is 5.10 Å². The zero-order chi connectivity index (χ0) is 16.8. The van der Waals surface area contributed by atoms with Gasteiger partial charge in [0.1, 0.15) is 12.7 Å². The second kappa shape index (κ2) is 7.47. The van der Waals surface area contributed by atoms with Crippen LogP contribution < -0.4 is 5.32 Å². The number of nitrogens with zero attached hydrogens (tertiary/aromatic N) is 4. The molecule has 0 fully saturated rings. The predicted molar refractivity (Wildman–Crippen MR) is 87.6 cm³/mol. The number of nitrogens with one attached hydrogen (secondary N) is 1. The highest BCUT2D eigenvalue weighted by molar-refractivity contribution is 5.94. The molecule has 0 radical (unpaired) electrons. The molecule has 3 aromatic rings. The minimum atomic E-state index is -0.358. The van der Waals surface area contributed by atoms with Gasteiger partial charge in [0.15, 0.2) is 5.82 Å². The van der Waals surface area contributed by atoms with Gasteiger partial charge in [-0.1, -0.05) is 30.3 Å². The molecule has 1 unspecified atom stereocenters. The van der Waals surface area contributed by atoms with Crippen molar-refractivity contribution < 1.29 is 9.90 Å². The van der Waals surface area contributed by atoms with Gasteiger partial charge in [0.2, 0.25) is 0 Å². The molecule has 0 bridgehead atoms. The Kier molecular flexibility index (Phi) is 4.93. The van der Waals surface area contributed by atoms with Crippen LogP contribution in [-0.4, -0.2) is 43.4 Å². The van der Waals surface area contributed by atoms with Gasteiger partial charge in [-0.3, -0.25) is 4.79 Å². The van der Waals surface area contributed by atoms with E-state index in [0.717, 1.165) is 5.56 Å². The van der Waals surface area contributed by atoms with Crippen LogP contribution in [-0.2, 0) is 6.42 Å². The second-order valence-electron chi connectivity index (χ2n) is 5.29. The number of aromatic nitrogens is 4. The average molecular weight is 323 g/mol. The monoisotopic (exact) mass is 323 g/mol. The molecule has 1 aromatic carbocycles. The van der Waals surface area contributed by atoms with Crippen molar-refractivity contribution in [3.63, 3.8) is 0 Å². The molecule has 2 heterocycles. The molecule has 2 N–H and O–H groups in total.